The molecule has 1 aliphatic rings. The van der Waals surface area contributed by atoms with E-state index in [4.69, 9.17) is 22.7 Å². The van der Waals surface area contributed by atoms with Gasteiger partial charge in [-0.25, -0.2) is 0 Å². The van der Waals surface area contributed by atoms with Crippen LogP contribution in [0.3, 0.4) is 0 Å². The fourth-order valence-electron chi connectivity index (χ4n) is 2.03. The Labute approximate surface area is 91.6 Å². The fraction of sp³-hybridized carbons (Fsp3) is 0.900. The molecule has 2 atom stereocenters. The van der Waals surface area contributed by atoms with Gasteiger partial charge in [0.1, 0.15) is 0 Å². The van der Waals surface area contributed by atoms with E-state index in [0.717, 1.165) is 32.6 Å². The van der Waals surface area contributed by atoms with Crippen LogP contribution < -0.4 is 5.73 Å². The molecule has 0 aliphatic carbocycles. The standard InChI is InChI=1S/C10H20N2OS/c1-3-8-7-13-6-5-12(8)9(4-2)10(11)14/h8-9H,3-7H2,1-2H3,(H2,11,14). The summed E-state index contributed by atoms with van der Waals surface area (Å²) in [5.41, 5.74) is 5.74. The van der Waals surface area contributed by atoms with E-state index in [1.807, 2.05) is 0 Å². The van der Waals surface area contributed by atoms with Crippen molar-refractivity contribution in [1.82, 2.24) is 4.90 Å². The topological polar surface area (TPSA) is 38.5 Å². The lowest BCUT2D eigenvalue weighted by Gasteiger charge is -2.39. The van der Waals surface area contributed by atoms with Gasteiger partial charge in [-0.2, -0.15) is 0 Å². The minimum absolute atomic E-state index is 0.249. The minimum atomic E-state index is 0.249. The number of hydrogen-bond donors (Lipinski definition) is 1. The smallest absolute Gasteiger partial charge is 0.0902 e. The fourth-order valence-corrected chi connectivity index (χ4v) is 2.33. The maximum atomic E-state index is 5.74. The Hall–Kier alpha value is -0.190. The Morgan fingerprint density at radius 1 is 1.64 bits per heavy atom. The van der Waals surface area contributed by atoms with Gasteiger partial charge < -0.3 is 10.5 Å². The molecule has 0 aromatic rings. The second kappa shape index (κ2) is 5.63. The molecule has 14 heavy (non-hydrogen) atoms. The van der Waals surface area contributed by atoms with Crippen molar-refractivity contribution in [3.8, 4) is 0 Å². The zero-order chi connectivity index (χ0) is 10.6. The van der Waals surface area contributed by atoms with Gasteiger partial charge in [-0.15, -0.1) is 0 Å². The summed E-state index contributed by atoms with van der Waals surface area (Å²) < 4.78 is 5.45. The second-order valence-corrected chi connectivity index (χ2v) is 4.17. The van der Waals surface area contributed by atoms with Gasteiger partial charge in [0.15, 0.2) is 0 Å². The summed E-state index contributed by atoms with van der Waals surface area (Å²) in [6.07, 6.45) is 2.09. The molecule has 0 saturated carbocycles. The third-order valence-corrected chi connectivity index (χ3v) is 3.13. The third kappa shape index (κ3) is 2.65. The number of ether oxygens (including phenoxy) is 1. The van der Waals surface area contributed by atoms with Gasteiger partial charge in [-0.05, 0) is 12.8 Å². The molecule has 0 aromatic heterocycles. The number of thiocarbonyl (C=S) groups is 1. The van der Waals surface area contributed by atoms with E-state index in [1.54, 1.807) is 0 Å². The molecule has 0 bridgehead atoms. The van der Waals surface area contributed by atoms with E-state index in [0.29, 0.717) is 11.0 Å². The molecule has 2 unspecified atom stereocenters. The van der Waals surface area contributed by atoms with Gasteiger partial charge in [-0.1, -0.05) is 26.1 Å². The van der Waals surface area contributed by atoms with Crippen LogP contribution in [0.25, 0.3) is 0 Å². The van der Waals surface area contributed by atoms with Crippen molar-refractivity contribution in [2.24, 2.45) is 5.73 Å². The Morgan fingerprint density at radius 2 is 2.36 bits per heavy atom. The van der Waals surface area contributed by atoms with Crippen molar-refractivity contribution in [2.45, 2.75) is 38.8 Å². The molecule has 0 aromatic carbocycles. The summed E-state index contributed by atoms with van der Waals surface area (Å²) in [4.78, 5) is 3.01. The highest BCUT2D eigenvalue weighted by Gasteiger charge is 2.28. The van der Waals surface area contributed by atoms with Crippen LogP contribution in [0.4, 0.5) is 0 Å². The van der Waals surface area contributed by atoms with E-state index >= 15 is 0 Å². The van der Waals surface area contributed by atoms with Crippen LogP contribution in [0.2, 0.25) is 0 Å². The van der Waals surface area contributed by atoms with Gasteiger partial charge in [0.25, 0.3) is 0 Å². The Balaban J connectivity index is 2.65. The normalized spacial score (nSPS) is 26.0. The first-order valence-electron chi connectivity index (χ1n) is 5.33. The van der Waals surface area contributed by atoms with Crippen LogP contribution in [0, 0.1) is 0 Å². The molecular weight excluding hydrogens is 196 g/mol. The number of morpholine rings is 1. The maximum Gasteiger partial charge on any atom is 0.0902 e. The monoisotopic (exact) mass is 216 g/mol. The number of rotatable bonds is 4. The summed E-state index contributed by atoms with van der Waals surface area (Å²) >= 11 is 5.09. The molecule has 4 heteroatoms. The van der Waals surface area contributed by atoms with Crippen molar-refractivity contribution in [1.29, 1.82) is 0 Å². The van der Waals surface area contributed by atoms with Crippen LogP contribution in [0.15, 0.2) is 0 Å². The van der Waals surface area contributed by atoms with E-state index in [9.17, 15) is 0 Å². The zero-order valence-electron chi connectivity index (χ0n) is 9.03. The van der Waals surface area contributed by atoms with Crippen LogP contribution in [0.5, 0.6) is 0 Å². The first kappa shape index (κ1) is 11.9. The van der Waals surface area contributed by atoms with E-state index < -0.39 is 0 Å². The molecule has 1 fully saturated rings. The third-order valence-electron chi connectivity index (χ3n) is 2.86. The molecule has 0 amide bonds. The molecule has 1 saturated heterocycles. The Morgan fingerprint density at radius 3 is 2.86 bits per heavy atom. The van der Waals surface area contributed by atoms with Crippen molar-refractivity contribution in [3.63, 3.8) is 0 Å². The average Bonchev–Trinajstić information content (AvgIpc) is 2.19. The largest absolute Gasteiger partial charge is 0.392 e. The quantitative estimate of drug-likeness (QED) is 0.716. The summed E-state index contributed by atoms with van der Waals surface area (Å²) in [6.45, 7) is 6.88. The highest BCUT2D eigenvalue weighted by atomic mass is 32.1. The maximum absolute atomic E-state index is 5.74. The van der Waals surface area contributed by atoms with Crippen molar-refractivity contribution in [2.75, 3.05) is 19.8 Å². The molecule has 1 heterocycles. The molecular formula is C10H20N2OS. The van der Waals surface area contributed by atoms with Crippen LogP contribution in [0.1, 0.15) is 26.7 Å². The number of nitrogens with zero attached hydrogens (tertiary/aromatic N) is 1. The van der Waals surface area contributed by atoms with Gasteiger partial charge in [0.2, 0.25) is 0 Å². The predicted molar refractivity (Wildman–Crippen MR) is 62.5 cm³/mol. The van der Waals surface area contributed by atoms with Crippen molar-refractivity contribution < 1.29 is 4.74 Å². The van der Waals surface area contributed by atoms with Gasteiger partial charge >= 0.3 is 0 Å². The highest BCUT2D eigenvalue weighted by Crippen LogP contribution is 2.16. The van der Waals surface area contributed by atoms with Gasteiger partial charge in [0, 0.05) is 12.6 Å². The van der Waals surface area contributed by atoms with Crippen LogP contribution >= 0.6 is 12.2 Å². The van der Waals surface area contributed by atoms with Gasteiger partial charge in [-0.3, -0.25) is 4.90 Å². The van der Waals surface area contributed by atoms with E-state index in [2.05, 4.69) is 18.7 Å². The molecule has 3 nitrogen and oxygen atoms in total. The summed E-state index contributed by atoms with van der Waals surface area (Å²) in [7, 11) is 0. The first-order chi connectivity index (χ1) is 6.70. The average molecular weight is 216 g/mol. The van der Waals surface area contributed by atoms with E-state index in [1.165, 1.54) is 0 Å². The highest BCUT2D eigenvalue weighted by molar-refractivity contribution is 7.80. The predicted octanol–water partition coefficient (Wildman–Crippen LogP) is 1.16. The lowest BCUT2D eigenvalue weighted by molar-refractivity contribution is -0.0181. The van der Waals surface area contributed by atoms with Crippen LogP contribution in [-0.2, 0) is 4.74 Å². The molecule has 0 radical (unpaired) electrons. The minimum Gasteiger partial charge on any atom is -0.392 e. The van der Waals surface area contributed by atoms with E-state index in [-0.39, 0.29) is 6.04 Å². The lowest BCUT2D eigenvalue weighted by Crippen LogP contribution is -2.54. The van der Waals surface area contributed by atoms with Crippen LogP contribution in [-0.4, -0.2) is 41.7 Å². The summed E-state index contributed by atoms with van der Waals surface area (Å²) in [5.74, 6) is 0. The summed E-state index contributed by atoms with van der Waals surface area (Å²) in [6, 6.07) is 0.731. The number of hydrogen-bond acceptors (Lipinski definition) is 3. The number of nitrogens with two attached hydrogens (primary N) is 1. The van der Waals surface area contributed by atoms with Crippen molar-refractivity contribution in [3.05, 3.63) is 0 Å². The molecule has 2 N–H and O–H groups in total. The molecule has 1 aliphatic heterocycles. The molecule has 1 rings (SSSR count). The lowest BCUT2D eigenvalue weighted by atomic mass is 10.1. The van der Waals surface area contributed by atoms with Gasteiger partial charge in [0.05, 0.1) is 24.2 Å². The second-order valence-electron chi connectivity index (χ2n) is 3.70. The molecule has 82 valence electrons. The molecule has 0 spiro atoms. The Bertz CT molecular complexity index is 199. The Kier molecular flexibility index (Phi) is 4.78. The SMILES string of the molecule is CCC1COCCN1C(CC)C(N)=S. The van der Waals surface area contributed by atoms with Crippen molar-refractivity contribution >= 4 is 17.2 Å². The zero-order valence-corrected chi connectivity index (χ0v) is 9.85. The summed E-state index contributed by atoms with van der Waals surface area (Å²) in [5, 5.41) is 0. The first-order valence-corrected chi connectivity index (χ1v) is 5.74.